The highest BCUT2D eigenvalue weighted by Crippen LogP contribution is 2.34. The minimum atomic E-state index is -3.47. The maximum atomic E-state index is 11.8. The lowest BCUT2D eigenvalue weighted by molar-refractivity contribution is 0.589. The van der Waals surface area contributed by atoms with Gasteiger partial charge in [0.2, 0.25) is 0 Å². The number of fused-ring (bicyclic) bond motifs is 1. The van der Waals surface area contributed by atoms with E-state index in [1.807, 2.05) is 33.8 Å². The van der Waals surface area contributed by atoms with Crippen LogP contribution < -0.4 is 0 Å². The highest BCUT2D eigenvalue weighted by atomic mass is 32.2. The number of rotatable bonds is 0. The van der Waals surface area contributed by atoms with Gasteiger partial charge in [0.05, 0.1) is 10.6 Å². The third-order valence-electron chi connectivity index (χ3n) is 2.59. The molecule has 0 unspecified atom stereocenters. The second kappa shape index (κ2) is 3.17. The van der Waals surface area contributed by atoms with E-state index in [1.165, 1.54) is 0 Å². The van der Waals surface area contributed by atoms with Crippen molar-refractivity contribution >= 4 is 15.7 Å². The van der Waals surface area contributed by atoms with Crippen molar-refractivity contribution in [1.29, 1.82) is 0 Å². The summed E-state index contributed by atoms with van der Waals surface area (Å²) < 4.78 is 27.6. The predicted molar refractivity (Wildman–Crippen MR) is 64.4 cm³/mol. The lowest BCUT2D eigenvalue weighted by Gasteiger charge is -2.18. The summed E-state index contributed by atoms with van der Waals surface area (Å²) in [5, 5.41) is 0. The molecule has 1 heterocycles. The molecule has 1 aliphatic rings. The molecule has 1 aromatic rings. The van der Waals surface area contributed by atoms with Gasteiger partial charge in [0.1, 0.15) is 0 Å². The van der Waals surface area contributed by atoms with Gasteiger partial charge in [-0.3, -0.25) is 0 Å². The van der Waals surface area contributed by atoms with Gasteiger partial charge >= 0.3 is 0 Å². The summed E-state index contributed by atoms with van der Waals surface area (Å²) in [6.07, 6.45) is 0. The highest BCUT2D eigenvalue weighted by Gasteiger charge is 2.34. The van der Waals surface area contributed by atoms with Crippen LogP contribution in [0.25, 0.3) is 0 Å². The molecule has 0 amide bonds. The first kappa shape index (κ1) is 11.3. The Morgan fingerprint density at radius 2 is 1.81 bits per heavy atom. The van der Waals surface area contributed by atoms with Crippen LogP contribution in [0.3, 0.4) is 0 Å². The molecule has 1 aliphatic heterocycles. The Labute approximate surface area is 96.3 Å². The Hall–Kier alpha value is -1.16. The van der Waals surface area contributed by atoms with Crippen LogP contribution in [0.4, 0.5) is 0 Å². The second-order valence-corrected chi connectivity index (χ2v) is 6.74. The Balaban J connectivity index is 2.77. The fourth-order valence-corrected chi connectivity index (χ4v) is 3.20. The molecule has 0 spiro atoms. The van der Waals surface area contributed by atoms with Gasteiger partial charge in [0.25, 0.3) is 10.0 Å². The molecule has 4 heteroatoms. The monoisotopic (exact) mass is 237 g/mol. The lowest BCUT2D eigenvalue weighted by atomic mass is 9.85. The Morgan fingerprint density at radius 1 is 1.19 bits per heavy atom. The molecule has 0 fully saturated rings. The van der Waals surface area contributed by atoms with Crippen LogP contribution >= 0.6 is 0 Å². The molecule has 0 radical (unpaired) electrons. The van der Waals surface area contributed by atoms with E-state index < -0.39 is 10.0 Å². The molecule has 3 nitrogen and oxygen atoms in total. The van der Waals surface area contributed by atoms with E-state index in [2.05, 4.69) is 4.40 Å². The van der Waals surface area contributed by atoms with Gasteiger partial charge < -0.3 is 0 Å². The van der Waals surface area contributed by atoms with Gasteiger partial charge in [-0.1, -0.05) is 32.4 Å². The van der Waals surface area contributed by atoms with E-state index in [4.69, 9.17) is 0 Å². The van der Waals surface area contributed by atoms with E-state index >= 15 is 0 Å². The van der Waals surface area contributed by atoms with E-state index in [0.717, 1.165) is 11.1 Å². The molecule has 0 atom stereocenters. The van der Waals surface area contributed by atoms with Gasteiger partial charge in [-0.05, 0) is 19.1 Å². The highest BCUT2D eigenvalue weighted by molar-refractivity contribution is 7.90. The summed E-state index contributed by atoms with van der Waals surface area (Å²) in [6, 6.07) is 5.34. The van der Waals surface area contributed by atoms with Crippen LogP contribution in [0.5, 0.6) is 0 Å². The Morgan fingerprint density at radius 3 is 2.38 bits per heavy atom. The predicted octanol–water partition coefficient (Wildman–Crippen LogP) is 2.53. The Bertz CT molecular complexity index is 578. The summed E-state index contributed by atoms with van der Waals surface area (Å²) in [4.78, 5) is 0.336. The molecule has 0 saturated carbocycles. The number of hydrogen-bond donors (Lipinski definition) is 0. The topological polar surface area (TPSA) is 46.5 Å². The SMILES string of the molecule is Cc1ccc2c(c1)C(C(C)(C)C)=NS2(=O)=O. The van der Waals surface area contributed by atoms with Gasteiger partial charge in [-0.25, -0.2) is 0 Å². The van der Waals surface area contributed by atoms with E-state index in [0.29, 0.717) is 10.6 Å². The molecule has 2 rings (SSSR count). The number of hydrogen-bond acceptors (Lipinski definition) is 2. The zero-order chi connectivity index (χ0) is 12.1. The molecule has 0 N–H and O–H groups in total. The number of nitrogens with zero attached hydrogens (tertiary/aromatic N) is 1. The molecule has 0 aromatic heterocycles. The minimum absolute atomic E-state index is 0.258. The van der Waals surface area contributed by atoms with Crippen LogP contribution in [0, 0.1) is 12.3 Å². The van der Waals surface area contributed by atoms with Crippen LogP contribution in [-0.2, 0) is 10.0 Å². The first-order chi connectivity index (χ1) is 7.22. The zero-order valence-electron chi connectivity index (χ0n) is 9.90. The molecule has 16 heavy (non-hydrogen) atoms. The summed E-state index contributed by atoms with van der Waals surface area (Å²) in [5.74, 6) is 0. The van der Waals surface area contributed by atoms with Crippen LogP contribution in [0.15, 0.2) is 27.5 Å². The normalized spacial score (nSPS) is 18.1. The van der Waals surface area contributed by atoms with Crippen LogP contribution in [0.1, 0.15) is 31.9 Å². The van der Waals surface area contributed by atoms with Crippen molar-refractivity contribution in [3.63, 3.8) is 0 Å². The molecule has 0 aliphatic carbocycles. The van der Waals surface area contributed by atoms with Crippen molar-refractivity contribution < 1.29 is 8.42 Å². The third kappa shape index (κ3) is 1.67. The van der Waals surface area contributed by atoms with E-state index in [1.54, 1.807) is 12.1 Å². The van der Waals surface area contributed by atoms with Gasteiger partial charge in [-0.2, -0.15) is 12.8 Å². The summed E-state index contributed by atoms with van der Waals surface area (Å²) in [5.41, 5.74) is 2.21. The standard InChI is InChI=1S/C12H15NO2S/c1-8-5-6-10-9(7-8)11(12(2,3)4)13-16(10,14)15/h5-7H,1-4H3. The maximum absolute atomic E-state index is 11.8. The van der Waals surface area contributed by atoms with E-state index in [-0.39, 0.29) is 5.41 Å². The number of sulfonamides is 1. The molecule has 0 saturated heterocycles. The maximum Gasteiger partial charge on any atom is 0.283 e. The molecule has 86 valence electrons. The molecular weight excluding hydrogens is 222 g/mol. The summed E-state index contributed by atoms with van der Waals surface area (Å²) in [7, 11) is -3.47. The smallest absolute Gasteiger partial charge is 0.199 e. The van der Waals surface area contributed by atoms with Crippen molar-refractivity contribution in [3.05, 3.63) is 29.3 Å². The first-order valence-electron chi connectivity index (χ1n) is 5.18. The number of aryl methyl sites for hydroxylation is 1. The van der Waals surface area contributed by atoms with Crippen molar-refractivity contribution in [2.75, 3.05) is 0 Å². The fraction of sp³-hybridized carbons (Fsp3) is 0.417. The van der Waals surface area contributed by atoms with Crippen LogP contribution in [0.2, 0.25) is 0 Å². The summed E-state index contributed by atoms with van der Waals surface area (Å²) in [6.45, 7) is 7.86. The molecule has 0 bridgehead atoms. The van der Waals surface area contributed by atoms with Crippen molar-refractivity contribution in [1.82, 2.24) is 0 Å². The zero-order valence-corrected chi connectivity index (χ0v) is 10.7. The minimum Gasteiger partial charge on any atom is -0.199 e. The van der Waals surface area contributed by atoms with Gasteiger partial charge in [0.15, 0.2) is 0 Å². The van der Waals surface area contributed by atoms with Crippen LogP contribution in [-0.4, -0.2) is 14.1 Å². The molecular formula is C12H15NO2S. The largest absolute Gasteiger partial charge is 0.283 e. The second-order valence-electron chi connectivity index (χ2n) is 5.16. The quantitative estimate of drug-likeness (QED) is 0.696. The van der Waals surface area contributed by atoms with E-state index in [9.17, 15) is 8.42 Å². The van der Waals surface area contributed by atoms with Gasteiger partial charge in [-0.15, -0.1) is 0 Å². The average molecular weight is 237 g/mol. The fourth-order valence-electron chi connectivity index (χ4n) is 1.81. The lowest BCUT2D eigenvalue weighted by Crippen LogP contribution is -2.19. The van der Waals surface area contributed by atoms with Gasteiger partial charge in [0, 0.05) is 11.0 Å². The first-order valence-corrected chi connectivity index (χ1v) is 6.62. The average Bonchev–Trinajstić information content (AvgIpc) is 2.37. The third-order valence-corrected chi connectivity index (χ3v) is 3.92. The van der Waals surface area contributed by atoms with Crippen molar-refractivity contribution in [2.24, 2.45) is 9.81 Å². The van der Waals surface area contributed by atoms with Crippen molar-refractivity contribution in [2.45, 2.75) is 32.6 Å². The Kier molecular flexibility index (Phi) is 2.24. The van der Waals surface area contributed by atoms with Crippen molar-refractivity contribution in [3.8, 4) is 0 Å². The molecule has 1 aromatic carbocycles. The summed E-state index contributed by atoms with van der Waals surface area (Å²) >= 11 is 0. The number of benzene rings is 1.